The third-order valence-electron chi connectivity index (χ3n) is 2.95. The molecule has 1 aliphatic rings. The molecule has 0 saturated carbocycles. The minimum absolute atomic E-state index is 0.0560. The Labute approximate surface area is 96.1 Å². The third-order valence-corrected chi connectivity index (χ3v) is 4.73. The first-order valence-corrected chi connectivity index (χ1v) is 7.02. The zero-order valence-electron chi connectivity index (χ0n) is 9.26. The summed E-state index contributed by atoms with van der Waals surface area (Å²) in [7, 11) is -3.18. The van der Waals surface area contributed by atoms with Gasteiger partial charge in [-0.25, -0.2) is 8.42 Å². The highest BCUT2D eigenvalue weighted by Gasteiger charge is 2.28. The molecule has 2 N–H and O–H groups in total. The minimum atomic E-state index is -3.18. The normalized spacial score (nSPS) is 20.6. The fraction of sp³-hybridized carbons (Fsp3) is 0.455. The lowest BCUT2D eigenvalue weighted by Gasteiger charge is -2.33. The van der Waals surface area contributed by atoms with E-state index < -0.39 is 10.0 Å². The van der Waals surface area contributed by atoms with Gasteiger partial charge in [-0.1, -0.05) is 18.2 Å². The molecule has 0 amide bonds. The first-order valence-electron chi connectivity index (χ1n) is 5.41. The Bertz CT molecular complexity index is 485. The van der Waals surface area contributed by atoms with Gasteiger partial charge in [-0.15, -0.1) is 0 Å². The van der Waals surface area contributed by atoms with E-state index in [-0.39, 0.29) is 11.8 Å². The molecule has 0 aromatic heterocycles. The van der Waals surface area contributed by atoms with Gasteiger partial charge in [0.25, 0.3) is 0 Å². The van der Waals surface area contributed by atoms with Crippen LogP contribution in [-0.4, -0.2) is 20.7 Å². The van der Waals surface area contributed by atoms with Crippen LogP contribution < -0.4 is 10.0 Å². The van der Waals surface area contributed by atoms with Crippen molar-refractivity contribution in [3.63, 3.8) is 0 Å². The van der Waals surface area contributed by atoms with E-state index in [2.05, 4.69) is 0 Å². The van der Waals surface area contributed by atoms with Crippen molar-refractivity contribution in [3.05, 3.63) is 29.8 Å². The number of rotatable bonds is 2. The summed E-state index contributed by atoms with van der Waals surface area (Å²) in [6, 6.07) is 7.40. The second-order valence-electron chi connectivity index (χ2n) is 3.93. The van der Waals surface area contributed by atoms with Crippen molar-refractivity contribution < 1.29 is 8.42 Å². The topological polar surface area (TPSA) is 63.4 Å². The molecule has 0 spiro atoms. The molecule has 1 unspecified atom stereocenters. The van der Waals surface area contributed by atoms with Gasteiger partial charge in [0.1, 0.15) is 0 Å². The van der Waals surface area contributed by atoms with Gasteiger partial charge in [-0.3, -0.25) is 4.31 Å². The van der Waals surface area contributed by atoms with Gasteiger partial charge in [0.15, 0.2) is 0 Å². The van der Waals surface area contributed by atoms with Gasteiger partial charge in [-0.05, 0) is 25.0 Å². The van der Waals surface area contributed by atoms with E-state index in [0.29, 0.717) is 13.0 Å². The van der Waals surface area contributed by atoms with Gasteiger partial charge in [0.2, 0.25) is 10.0 Å². The largest absolute Gasteiger partial charge is 0.324 e. The zero-order chi connectivity index (χ0) is 11.8. The summed E-state index contributed by atoms with van der Waals surface area (Å²) in [5.74, 6) is 0.122. The van der Waals surface area contributed by atoms with Crippen molar-refractivity contribution in [2.45, 2.75) is 19.4 Å². The van der Waals surface area contributed by atoms with Crippen molar-refractivity contribution >= 4 is 15.7 Å². The van der Waals surface area contributed by atoms with E-state index >= 15 is 0 Å². The molecule has 88 valence electrons. The molecular formula is C11H16N2O2S. The number of hydrogen-bond acceptors (Lipinski definition) is 3. The highest BCUT2D eigenvalue weighted by Crippen LogP contribution is 2.33. The highest BCUT2D eigenvalue weighted by atomic mass is 32.2. The van der Waals surface area contributed by atoms with E-state index in [0.717, 1.165) is 11.3 Å². The second kappa shape index (κ2) is 4.07. The maximum Gasteiger partial charge on any atom is 0.234 e. The van der Waals surface area contributed by atoms with Crippen molar-refractivity contribution in [1.82, 2.24) is 0 Å². The molecule has 4 nitrogen and oxygen atoms in total. The lowest BCUT2D eigenvalue weighted by atomic mass is 9.99. The second-order valence-corrected chi connectivity index (χ2v) is 6.11. The van der Waals surface area contributed by atoms with Crippen molar-refractivity contribution in [2.24, 2.45) is 5.73 Å². The van der Waals surface area contributed by atoms with Gasteiger partial charge in [0.05, 0.1) is 11.4 Å². The standard InChI is InChI=1S/C11H16N2O2S/c1-2-16(14,15)13-8-7-10(12)9-5-3-4-6-11(9)13/h3-6,10H,2,7-8,12H2,1H3. The molecule has 2 rings (SSSR count). The maximum atomic E-state index is 11.9. The Morgan fingerprint density at radius 3 is 2.81 bits per heavy atom. The average molecular weight is 240 g/mol. The number of sulfonamides is 1. The Balaban J connectivity index is 2.51. The maximum absolute atomic E-state index is 11.9. The summed E-state index contributed by atoms with van der Waals surface area (Å²) in [4.78, 5) is 0. The molecule has 0 fully saturated rings. The van der Waals surface area contributed by atoms with Crippen LogP contribution in [0, 0.1) is 0 Å². The number of para-hydroxylation sites is 1. The molecule has 1 aliphatic heterocycles. The number of nitrogens with two attached hydrogens (primary N) is 1. The minimum Gasteiger partial charge on any atom is -0.324 e. The number of benzene rings is 1. The van der Waals surface area contributed by atoms with Crippen LogP contribution in [-0.2, 0) is 10.0 Å². The fourth-order valence-corrected chi connectivity index (χ4v) is 3.17. The number of anilines is 1. The average Bonchev–Trinajstić information content (AvgIpc) is 2.29. The Hall–Kier alpha value is -1.07. The summed E-state index contributed by atoms with van der Waals surface area (Å²) in [6.45, 7) is 2.14. The van der Waals surface area contributed by atoms with Crippen molar-refractivity contribution in [3.8, 4) is 0 Å². The van der Waals surface area contributed by atoms with E-state index in [4.69, 9.17) is 5.73 Å². The number of nitrogens with zero attached hydrogens (tertiary/aromatic N) is 1. The van der Waals surface area contributed by atoms with Crippen molar-refractivity contribution in [2.75, 3.05) is 16.6 Å². The summed E-state index contributed by atoms with van der Waals surface area (Å²) >= 11 is 0. The molecule has 0 bridgehead atoms. The Kier molecular flexibility index (Phi) is 2.90. The van der Waals surface area contributed by atoms with Crippen LogP contribution >= 0.6 is 0 Å². The van der Waals surface area contributed by atoms with Gasteiger partial charge in [-0.2, -0.15) is 0 Å². The van der Waals surface area contributed by atoms with Crippen LogP contribution in [0.2, 0.25) is 0 Å². The van der Waals surface area contributed by atoms with Crippen molar-refractivity contribution in [1.29, 1.82) is 0 Å². The molecule has 1 aromatic carbocycles. The van der Waals surface area contributed by atoms with E-state index in [9.17, 15) is 8.42 Å². The molecule has 1 atom stereocenters. The fourth-order valence-electron chi connectivity index (χ4n) is 2.01. The summed E-state index contributed by atoms with van der Waals surface area (Å²) in [6.07, 6.45) is 0.677. The molecule has 0 aliphatic carbocycles. The molecule has 5 heteroatoms. The molecule has 1 heterocycles. The number of fused-ring (bicyclic) bond motifs is 1. The lowest BCUT2D eigenvalue weighted by molar-refractivity contribution is 0.575. The Morgan fingerprint density at radius 1 is 1.44 bits per heavy atom. The smallest absolute Gasteiger partial charge is 0.234 e. The highest BCUT2D eigenvalue weighted by molar-refractivity contribution is 7.92. The Morgan fingerprint density at radius 2 is 2.12 bits per heavy atom. The monoisotopic (exact) mass is 240 g/mol. The van der Waals surface area contributed by atoms with Crippen LogP contribution in [0.4, 0.5) is 5.69 Å². The van der Waals surface area contributed by atoms with E-state index in [1.165, 1.54) is 4.31 Å². The van der Waals surface area contributed by atoms with E-state index in [1.807, 2.05) is 24.3 Å². The van der Waals surface area contributed by atoms with Crippen LogP contribution in [0.25, 0.3) is 0 Å². The zero-order valence-corrected chi connectivity index (χ0v) is 10.1. The predicted molar refractivity (Wildman–Crippen MR) is 64.8 cm³/mol. The SMILES string of the molecule is CCS(=O)(=O)N1CCC(N)c2ccccc21. The van der Waals surface area contributed by atoms with Gasteiger partial charge >= 0.3 is 0 Å². The molecule has 1 aromatic rings. The first-order chi connectivity index (χ1) is 7.56. The number of hydrogen-bond donors (Lipinski definition) is 1. The molecule has 0 radical (unpaired) electrons. The lowest BCUT2D eigenvalue weighted by Crippen LogP contribution is -2.39. The third kappa shape index (κ3) is 1.81. The molecule has 0 saturated heterocycles. The van der Waals surface area contributed by atoms with Crippen LogP contribution in [0.5, 0.6) is 0 Å². The van der Waals surface area contributed by atoms with Gasteiger partial charge < -0.3 is 5.73 Å². The van der Waals surface area contributed by atoms with Crippen LogP contribution in [0.15, 0.2) is 24.3 Å². The first kappa shape index (κ1) is 11.4. The quantitative estimate of drug-likeness (QED) is 0.846. The van der Waals surface area contributed by atoms with Crippen LogP contribution in [0.3, 0.4) is 0 Å². The summed E-state index contributed by atoms with van der Waals surface area (Å²) < 4.78 is 25.3. The predicted octanol–water partition coefficient (Wildman–Crippen LogP) is 1.25. The van der Waals surface area contributed by atoms with Gasteiger partial charge in [0, 0.05) is 12.6 Å². The summed E-state index contributed by atoms with van der Waals surface area (Å²) in [5.41, 5.74) is 7.63. The summed E-state index contributed by atoms with van der Waals surface area (Å²) in [5, 5.41) is 0. The molecular weight excluding hydrogens is 224 g/mol. The van der Waals surface area contributed by atoms with Crippen LogP contribution in [0.1, 0.15) is 24.9 Å². The molecule has 16 heavy (non-hydrogen) atoms. The van der Waals surface area contributed by atoms with E-state index in [1.54, 1.807) is 6.92 Å².